The fourth-order valence-corrected chi connectivity index (χ4v) is 3.54. The SMILES string of the molecule is CCN1CCCC(NCCCOC2CCCCC2)CC1. The molecule has 1 aliphatic carbocycles. The van der Waals surface area contributed by atoms with Gasteiger partial charge in [0.2, 0.25) is 0 Å². The molecule has 1 unspecified atom stereocenters. The number of ether oxygens (including phenoxy) is 1. The highest BCUT2D eigenvalue weighted by molar-refractivity contribution is 4.74. The topological polar surface area (TPSA) is 24.5 Å². The van der Waals surface area contributed by atoms with Crippen LogP contribution in [0.25, 0.3) is 0 Å². The van der Waals surface area contributed by atoms with E-state index >= 15 is 0 Å². The Morgan fingerprint density at radius 3 is 2.65 bits per heavy atom. The molecule has 0 aromatic carbocycles. The van der Waals surface area contributed by atoms with Crippen molar-refractivity contribution in [2.45, 2.75) is 76.9 Å². The molecule has 2 rings (SSSR count). The second-order valence-electron chi connectivity index (χ2n) is 6.50. The third-order valence-electron chi connectivity index (χ3n) is 4.93. The average molecular weight is 282 g/mol. The summed E-state index contributed by atoms with van der Waals surface area (Å²) in [6.45, 7) is 8.12. The van der Waals surface area contributed by atoms with Gasteiger partial charge < -0.3 is 15.0 Å². The Morgan fingerprint density at radius 2 is 1.85 bits per heavy atom. The normalized spacial score (nSPS) is 26.6. The summed E-state index contributed by atoms with van der Waals surface area (Å²) in [5, 5.41) is 3.74. The van der Waals surface area contributed by atoms with E-state index in [4.69, 9.17) is 4.74 Å². The van der Waals surface area contributed by atoms with Crippen molar-refractivity contribution < 1.29 is 4.74 Å². The molecule has 3 heteroatoms. The number of hydrogen-bond acceptors (Lipinski definition) is 3. The standard InChI is InChI=1S/C17H34N2O/c1-2-19-13-6-8-16(11-14-19)18-12-7-15-20-17-9-4-3-5-10-17/h16-18H,2-15H2,1H3. The molecule has 1 atom stereocenters. The van der Waals surface area contributed by atoms with Gasteiger partial charge in [0.15, 0.2) is 0 Å². The molecule has 1 heterocycles. The van der Waals surface area contributed by atoms with Gasteiger partial charge in [-0.25, -0.2) is 0 Å². The van der Waals surface area contributed by atoms with Crippen LogP contribution in [0.2, 0.25) is 0 Å². The van der Waals surface area contributed by atoms with Crippen LogP contribution in [0.15, 0.2) is 0 Å². The van der Waals surface area contributed by atoms with Gasteiger partial charge in [0.1, 0.15) is 0 Å². The van der Waals surface area contributed by atoms with Crippen LogP contribution in [0, 0.1) is 0 Å². The van der Waals surface area contributed by atoms with E-state index in [0.717, 1.165) is 19.2 Å². The number of rotatable bonds is 7. The predicted molar refractivity (Wildman–Crippen MR) is 85.2 cm³/mol. The van der Waals surface area contributed by atoms with Crippen molar-refractivity contribution in [1.82, 2.24) is 10.2 Å². The molecule has 0 amide bonds. The highest BCUT2D eigenvalue weighted by Crippen LogP contribution is 2.20. The minimum Gasteiger partial charge on any atom is -0.378 e. The summed E-state index contributed by atoms with van der Waals surface area (Å²) in [7, 11) is 0. The summed E-state index contributed by atoms with van der Waals surface area (Å²) >= 11 is 0. The Bertz CT molecular complexity index is 241. The lowest BCUT2D eigenvalue weighted by atomic mass is 9.98. The molecule has 0 aromatic heterocycles. The average Bonchev–Trinajstić information content (AvgIpc) is 2.73. The first-order valence-electron chi connectivity index (χ1n) is 8.96. The van der Waals surface area contributed by atoms with E-state index < -0.39 is 0 Å². The lowest BCUT2D eigenvalue weighted by Crippen LogP contribution is -2.32. The third-order valence-corrected chi connectivity index (χ3v) is 4.93. The van der Waals surface area contributed by atoms with Crippen molar-refractivity contribution in [1.29, 1.82) is 0 Å². The number of nitrogens with zero attached hydrogens (tertiary/aromatic N) is 1. The molecule has 3 nitrogen and oxygen atoms in total. The second kappa shape index (κ2) is 9.75. The Morgan fingerprint density at radius 1 is 1.00 bits per heavy atom. The molecule has 118 valence electrons. The molecule has 0 bridgehead atoms. The minimum absolute atomic E-state index is 0.569. The van der Waals surface area contributed by atoms with Crippen LogP contribution in [0.4, 0.5) is 0 Å². The van der Waals surface area contributed by atoms with Crippen LogP contribution in [0.3, 0.4) is 0 Å². The summed E-state index contributed by atoms with van der Waals surface area (Å²) in [6, 6.07) is 0.737. The number of nitrogens with one attached hydrogen (secondary N) is 1. The largest absolute Gasteiger partial charge is 0.378 e. The molecule has 1 saturated carbocycles. The molecule has 2 aliphatic rings. The van der Waals surface area contributed by atoms with E-state index in [9.17, 15) is 0 Å². The van der Waals surface area contributed by atoms with E-state index in [2.05, 4.69) is 17.1 Å². The molecule has 20 heavy (non-hydrogen) atoms. The first-order chi connectivity index (χ1) is 9.88. The fraction of sp³-hybridized carbons (Fsp3) is 1.00. The van der Waals surface area contributed by atoms with Crippen LogP contribution >= 0.6 is 0 Å². The number of likely N-dealkylation sites (tertiary alicyclic amines) is 1. The van der Waals surface area contributed by atoms with E-state index in [1.54, 1.807) is 0 Å². The molecular formula is C17H34N2O. The summed E-state index contributed by atoms with van der Waals surface area (Å²) in [4.78, 5) is 2.58. The zero-order valence-electron chi connectivity index (χ0n) is 13.4. The zero-order chi connectivity index (χ0) is 14.0. The monoisotopic (exact) mass is 282 g/mol. The van der Waals surface area contributed by atoms with Gasteiger partial charge in [0.25, 0.3) is 0 Å². The predicted octanol–water partition coefficient (Wildman–Crippen LogP) is 3.19. The van der Waals surface area contributed by atoms with E-state index in [-0.39, 0.29) is 0 Å². The summed E-state index contributed by atoms with van der Waals surface area (Å²) in [5.74, 6) is 0. The van der Waals surface area contributed by atoms with E-state index in [1.165, 1.54) is 77.4 Å². The zero-order valence-corrected chi connectivity index (χ0v) is 13.4. The molecule has 0 aromatic rings. The lowest BCUT2D eigenvalue weighted by Gasteiger charge is -2.22. The molecular weight excluding hydrogens is 248 g/mol. The number of hydrogen-bond donors (Lipinski definition) is 1. The molecule has 1 N–H and O–H groups in total. The van der Waals surface area contributed by atoms with E-state index in [0.29, 0.717) is 6.10 Å². The second-order valence-corrected chi connectivity index (χ2v) is 6.50. The van der Waals surface area contributed by atoms with Crippen molar-refractivity contribution in [3.63, 3.8) is 0 Å². The van der Waals surface area contributed by atoms with Gasteiger partial charge in [-0.2, -0.15) is 0 Å². The Labute approximate surface area is 125 Å². The highest BCUT2D eigenvalue weighted by atomic mass is 16.5. The molecule has 2 fully saturated rings. The Balaban J connectivity index is 1.48. The van der Waals surface area contributed by atoms with Gasteiger partial charge >= 0.3 is 0 Å². The van der Waals surface area contributed by atoms with Crippen LogP contribution in [0.1, 0.15) is 64.7 Å². The quantitative estimate of drug-likeness (QED) is 0.726. The Kier molecular flexibility index (Phi) is 7.92. The first-order valence-corrected chi connectivity index (χ1v) is 8.96. The molecule has 0 radical (unpaired) electrons. The van der Waals surface area contributed by atoms with Gasteiger partial charge in [-0.15, -0.1) is 0 Å². The van der Waals surface area contributed by atoms with Crippen molar-refractivity contribution in [3.8, 4) is 0 Å². The maximum Gasteiger partial charge on any atom is 0.0575 e. The third kappa shape index (κ3) is 6.11. The summed E-state index contributed by atoms with van der Waals surface area (Å²) in [6.07, 6.45) is 12.5. The lowest BCUT2D eigenvalue weighted by molar-refractivity contribution is 0.0270. The van der Waals surface area contributed by atoms with Crippen molar-refractivity contribution >= 4 is 0 Å². The Hall–Kier alpha value is -0.120. The van der Waals surface area contributed by atoms with Crippen molar-refractivity contribution in [2.24, 2.45) is 0 Å². The maximum absolute atomic E-state index is 5.98. The van der Waals surface area contributed by atoms with Crippen molar-refractivity contribution in [3.05, 3.63) is 0 Å². The van der Waals surface area contributed by atoms with Crippen LogP contribution in [-0.2, 0) is 4.74 Å². The smallest absolute Gasteiger partial charge is 0.0575 e. The van der Waals surface area contributed by atoms with Crippen LogP contribution < -0.4 is 5.32 Å². The highest BCUT2D eigenvalue weighted by Gasteiger charge is 2.15. The first kappa shape index (κ1) is 16.3. The fourth-order valence-electron chi connectivity index (χ4n) is 3.54. The molecule has 1 aliphatic heterocycles. The molecule has 1 saturated heterocycles. The van der Waals surface area contributed by atoms with Crippen LogP contribution in [-0.4, -0.2) is 49.8 Å². The van der Waals surface area contributed by atoms with Crippen molar-refractivity contribution in [2.75, 3.05) is 32.8 Å². The summed E-state index contributed by atoms with van der Waals surface area (Å²) in [5.41, 5.74) is 0. The molecule has 0 spiro atoms. The minimum atomic E-state index is 0.569. The van der Waals surface area contributed by atoms with E-state index in [1.807, 2.05) is 0 Å². The van der Waals surface area contributed by atoms with Gasteiger partial charge in [-0.1, -0.05) is 26.2 Å². The van der Waals surface area contributed by atoms with Crippen LogP contribution in [0.5, 0.6) is 0 Å². The van der Waals surface area contributed by atoms with Gasteiger partial charge in [0.05, 0.1) is 6.10 Å². The van der Waals surface area contributed by atoms with Gasteiger partial charge in [0, 0.05) is 12.6 Å². The maximum atomic E-state index is 5.98. The van der Waals surface area contributed by atoms with Gasteiger partial charge in [-0.05, 0) is 64.7 Å². The summed E-state index contributed by atoms with van der Waals surface area (Å²) < 4.78 is 5.98. The van der Waals surface area contributed by atoms with Gasteiger partial charge in [-0.3, -0.25) is 0 Å².